The zero-order valence-corrected chi connectivity index (χ0v) is 19.6. The first-order valence-electron chi connectivity index (χ1n) is 10.8. The number of carbonyl (C=O) groups is 3. The molecule has 0 fully saturated rings. The molecule has 9 heteroatoms. The van der Waals surface area contributed by atoms with Crippen molar-refractivity contribution in [3.8, 4) is 11.5 Å². The monoisotopic (exact) mass is 478 g/mol. The standard InChI is InChI=1S/C26H26N2O7/c1-4-35-25(30)20-14-22(33-2)23(34-3)15-21(20)27-24(29)18-10-12-19(13-11-18)28(26(31)32)16-17-8-6-5-7-9-17/h5-15H,4,16H2,1-3H3,(H,27,29)(H,31,32). The molecule has 0 bridgehead atoms. The second kappa shape index (κ2) is 11.6. The molecule has 0 aromatic heterocycles. The van der Waals surface area contributed by atoms with Crippen LogP contribution in [0.4, 0.5) is 16.2 Å². The topological polar surface area (TPSA) is 114 Å². The van der Waals surface area contributed by atoms with Crippen LogP contribution in [0.25, 0.3) is 0 Å². The molecule has 0 spiro atoms. The van der Waals surface area contributed by atoms with E-state index in [1.165, 1.54) is 43.4 Å². The van der Waals surface area contributed by atoms with Crippen LogP contribution in [0.2, 0.25) is 0 Å². The summed E-state index contributed by atoms with van der Waals surface area (Å²) in [5.41, 5.74) is 1.80. The van der Waals surface area contributed by atoms with Crippen molar-refractivity contribution in [1.82, 2.24) is 0 Å². The van der Waals surface area contributed by atoms with Crippen LogP contribution in [0, 0.1) is 0 Å². The lowest BCUT2D eigenvalue weighted by Gasteiger charge is -2.20. The number of hydrogen-bond acceptors (Lipinski definition) is 6. The molecular formula is C26H26N2O7. The number of hydrogen-bond donors (Lipinski definition) is 2. The van der Waals surface area contributed by atoms with Crippen molar-refractivity contribution in [2.24, 2.45) is 0 Å². The minimum Gasteiger partial charge on any atom is -0.493 e. The summed E-state index contributed by atoms with van der Waals surface area (Å²) in [7, 11) is 2.88. The highest BCUT2D eigenvalue weighted by atomic mass is 16.5. The Morgan fingerprint density at radius 3 is 2.11 bits per heavy atom. The normalized spacial score (nSPS) is 10.3. The fourth-order valence-corrected chi connectivity index (χ4v) is 3.38. The van der Waals surface area contributed by atoms with E-state index in [0.29, 0.717) is 17.2 Å². The molecule has 3 aromatic rings. The van der Waals surface area contributed by atoms with Gasteiger partial charge in [-0.1, -0.05) is 30.3 Å². The van der Waals surface area contributed by atoms with Crippen LogP contribution in [0.1, 0.15) is 33.2 Å². The number of nitrogens with zero attached hydrogens (tertiary/aromatic N) is 1. The van der Waals surface area contributed by atoms with Gasteiger partial charge in [0.1, 0.15) is 0 Å². The first-order chi connectivity index (χ1) is 16.9. The molecule has 0 aliphatic carbocycles. The third-order valence-corrected chi connectivity index (χ3v) is 5.12. The third kappa shape index (κ3) is 6.08. The molecule has 0 atom stereocenters. The first-order valence-corrected chi connectivity index (χ1v) is 10.8. The van der Waals surface area contributed by atoms with Gasteiger partial charge in [0.25, 0.3) is 5.91 Å². The van der Waals surface area contributed by atoms with Gasteiger partial charge in [-0.25, -0.2) is 9.59 Å². The van der Waals surface area contributed by atoms with Gasteiger partial charge >= 0.3 is 12.1 Å². The molecule has 182 valence electrons. The SMILES string of the molecule is CCOC(=O)c1cc(OC)c(OC)cc1NC(=O)c1ccc(N(Cc2ccccc2)C(=O)O)cc1. The van der Waals surface area contributed by atoms with Crippen molar-refractivity contribution in [2.75, 3.05) is 31.0 Å². The van der Waals surface area contributed by atoms with E-state index in [2.05, 4.69) is 5.32 Å². The number of benzene rings is 3. The molecule has 0 radical (unpaired) electrons. The van der Waals surface area contributed by atoms with Crippen molar-refractivity contribution < 1.29 is 33.7 Å². The Hall–Kier alpha value is -4.53. The van der Waals surface area contributed by atoms with Gasteiger partial charge in [-0.2, -0.15) is 0 Å². The van der Waals surface area contributed by atoms with Gasteiger partial charge < -0.3 is 24.6 Å². The molecule has 0 heterocycles. The Bertz CT molecular complexity index is 1190. The quantitative estimate of drug-likeness (QED) is 0.424. The van der Waals surface area contributed by atoms with Gasteiger partial charge in [0.05, 0.1) is 38.6 Å². The average Bonchev–Trinajstić information content (AvgIpc) is 2.87. The summed E-state index contributed by atoms with van der Waals surface area (Å²) in [5.74, 6) is -0.495. The molecular weight excluding hydrogens is 452 g/mol. The summed E-state index contributed by atoms with van der Waals surface area (Å²) in [6.45, 7) is 2.00. The molecule has 3 aromatic carbocycles. The van der Waals surface area contributed by atoms with Gasteiger partial charge in [-0.3, -0.25) is 9.69 Å². The van der Waals surface area contributed by atoms with E-state index >= 15 is 0 Å². The smallest absolute Gasteiger partial charge is 0.412 e. The zero-order valence-electron chi connectivity index (χ0n) is 19.6. The van der Waals surface area contributed by atoms with Crippen molar-refractivity contribution in [2.45, 2.75) is 13.5 Å². The summed E-state index contributed by atoms with van der Waals surface area (Å²) >= 11 is 0. The van der Waals surface area contributed by atoms with E-state index in [1.807, 2.05) is 30.3 Å². The summed E-state index contributed by atoms with van der Waals surface area (Å²) in [5, 5.41) is 12.4. The number of ether oxygens (including phenoxy) is 3. The maximum absolute atomic E-state index is 12.9. The number of carboxylic acid groups (broad SMARTS) is 1. The highest BCUT2D eigenvalue weighted by Gasteiger charge is 2.21. The average molecular weight is 479 g/mol. The maximum Gasteiger partial charge on any atom is 0.412 e. The van der Waals surface area contributed by atoms with Gasteiger partial charge in [0.2, 0.25) is 0 Å². The van der Waals surface area contributed by atoms with E-state index in [4.69, 9.17) is 14.2 Å². The van der Waals surface area contributed by atoms with Crippen LogP contribution in [0.3, 0.4) is 0 Å². The zero-order chi connectivity index (χ0) is 25.4. The minimum atomic E-state index is -1.12. The number of amides is 2. The Morgan fingerprint density at radius 1 is 0.914 bits per heavy atom. The lowest BCUT2D eigenvalue weighted by Crippen LogP contribution is -2.28. The van der Waals surface area contributed by atoms with Crippen LogP contribution in [0.15, 0.2) is 66.7 Å². The largest absolute Gasteiger partial charge is 0.493 e. The third-order valence-electron chi connectivity index (χ3n) is 5.12. The van der Waals surface area contributed by atoms with E-state index in [1.54, 1.807) is 19.1 Å². The fraction of sp³-hybridized carbons (Fsp3) is 0.192. The molecule has 0 saturated carbocycles. The summed E-state index contributed by atoms with van der Waals surface area (Å²) < 4.78 is 15.6. The van der Waals surface area contributed by atoms with E-state index < -0.39 is 18.0 Å². The van der Waals surface area contributed by atoms with Gasteiger partial charge in [0, 0.05) is 23.4 Å². The fourth-order valence-electron chi connectivity index (χ4n) is 3.38. The summed E-state index contributed by atoms with van der Waals surface area (Å²) in [6, 6.07) is 18.2. The van der Waals surface area contributed by atoms with Crippen LogP contribution in [0.5, 0.6) is 11.5 Å². The number of nitrogens with one attached hydrogen (secondary N) is 1. The van der Waals surface area contributed by atoms with Gasteiger partial charge in [0.15, 0.2) is 11.5 Å². The Morgan fingerprint density at radius 2 is 1.54 bits per heavy atom. The summed E-state index contributed by atoms with van der Waals surface area (Å²) in [4.78, 5) is 38.4. The Balaban J connectivity index is 1.85. The molecule has 3 rings (SSSR count). The molecule has 2 amide bonds. The number of anilines is 2. The molecule has 9 nitrogen and oxygen atoms in total. The predicted molar refractivity (Wildman–Crippen MR) is 131 cm³/mol. The van der Waals surface area contributed by atoms with Crippen molar-refractivity contribution >= 4 is 29.3 Å². The molecule has 0 unspecified atom stereocenters. The van der Waals surface area contributed by atoms with E-state index in [0.717, 1.165) is 5.56 Å². The van der Waals surface area contributed by atoms with Crippen molar-refractivity contribution in [3.63, 3.8) is 0 Å². The number of methoxy groups -OCH3 is 2. The van der Waals surface area contributed by atoms with Crippen LogP contribution in [-0.2, 0) is 11.3 Å². The number of carbonyl (C=O) groups excluding carboxylic acids is 2. The molecule has 0 aliphatic rings. The van der Waals surface area contributed by atoms with Gasteiger partial charge in [-0.05, 0) is 36.8 Å². The predicted octanol–water partition coefficient (Wildman–Crippen LogP) is 4.82. The number of rotatable bonds is 9. The first kappa shape index (κ1) is 25.1. The highest BCUT2D eigenvalue weighted by molar-refractivity contribution is 6.08. The molecule has 2 N–H and O–H groups in total. The van der Waals surface area contributed by atoms with Crippen LogP contribution >= 0.6 is 0 Å². The highest BCUT2D eigenvalue weighted by Crippen LogP contribution is 2.34. The second-order valence-electron chi connectivity index (χ2n) is 7.33. The lowest BCUT2D eigenvalue weighted by atomic mass is 10.1. The van der Waals surface area contributed by atoms with E-state index in [9.17, 15) is 19.5 Å². The van der Waals surface area contributed by atoms with Crippen molar-refractivity contribution in [1.29, 1.82) is 0 Å². The lowest BCUT2D eigenvalue weighted by molar-refractivity contribution is 0.0527. The molecule has 0 aliphatic heterocycles. The Labute approximate surface area is 202 Å². The van der Waals surface area contributed by atoms with Crippen LogP contribution < -0.4 is 19.7 Å². The summed E-state index contributed by atoms with van der Waals surface area (Å²) in [6.07, 6.45) is -1.12. The van der Waals surface area contributed by atoms with Gasteiger partial charge in [-0.15, -0.1) is 0 Å². The second-order valence-corrected chi connectivity index (χ2v) is 7.33. The van der Waals surface area contributed by atoms with E-state index in [-0.39, 0.29) is 30.0 Å². The van der Waals surface area contributed by atoms with Crippen LogP contribution in [-0.4, -0.2) is 43.9 Å². The number of esters is 1. The molecule has 0 saturated heterocycles. The Kier molecular flexibility index (Phi) is 8.29. The maximum atomic E-state index is 12.9. The minimum absolute atomic E-state index is 0.106. The molecule has 35 heavy (non-hydrogen) atoms. The van der Waals surface area contributed by atoms with Crippen molar-refractivity contribution in [3.05, 3.63) is 83.4 Å².